The minimum absolute atomic E-state index is 0.188. The molecular formula is C22H26N4O2S. The largest absolute Gasteiger partial charge is 0.496 e. The van der Waals surface area contributed by atoms with Gasteiger partial charge in [0.1, 0.15) is 11.6 Å². The minimum Gasteiger partial charge on any atom is -0.496 e. The van der Waals surface area contributed by atoms with Gasteiger partial charge in [-0.2, -0.15) is 5.10 Å². The first-order valence-corrected chi connectivity index (χ1v) is 10.5. The van der Waals surface area contributed by atoms with Crippen molar-refractivity contribution in [2.45, 2.75) is 24.9 Å². The maximum Gasteiger partial charge on any atom is 0.323 e. The van der Waals surface area contributed by atoms with Gasteiger partial charge < -0.3 is 9.64 Å². The molecule has 0 spiro atoms. The molecule has 0 radical (unpaired) electrons. The van der Waals surface area contributed by atoms with Crippen LogP contribution in [0, 0.1) is 6.92 Å². The van der Waals surface area contributed by atoms with E-state index in [0.717, 1.165) is 27.5 Å². The highest BCUT2D eigenvalue weighted by atomic mass is 32.2. The quantitative estimate of drug-likeness (QED) is 0.577. The first-order chi connectivity index (χ1) is 14.0. The predicted molar refractivity (Wildman–Crippen MR) is 118 cm³/mol. The van der Waals surface area contributed by atoms with E-state index < -0.39 is 0 Å². The molecule has 0 fully saturated rings. The molecule has 7 heteroatoms. The smallest absolute Gasteiger partial charge is 0.323 e. The lowest BCUT2D eigenvalue weighted by molar-refractivity contribution is 0.220. The van der Waals surface area contributed by atoms with Crippen molar-refractivity contribution in [3.8, 4) is 5.75 Å². The molecule has 0 atom stereocenters. The van der Waals surface area contributed by atoms with Crippen LogP contribution >= 0.6 is 11.8 Å². The number of nitrogens with one attached hydrogen (secondary N) is 1. The van der Waals surface area contributed by atoms with Gasteiger partial charge in [-0.05, 0) is 36.4 Å². The Morgan fingerprint density at radius 3 is 2.62 bits per heavy atom. The summed E-state index contributed by atoms with van der Waals surface area (Å²) in [6, 6.07) is 17.8. The van der Waals surface area contributed by atoms with Crippen LogP contribution in [0.1, 0.15) is 16.8 Å². The maximum absolute atomic E-state index is 12.7. The molecule has 0 aliphatic rings. The van der Waals surface area contributed by atoms with Gasteiger partial charge in [0.15, 0.2) is 0 Å². The van der Waals surface area contributed by atoms with Crippen LogP contribution < -0.4 is 10.1 Å². The van der Waals surface area contributed by atoms with Crippen molar-refractivity contribution in [2.75, 3.05) is 25.7 Å². The number of aryl methyl sites for hydroxylation is 1. The third kappa shape index (κ3) is 5.32. The lowest BCUT2D eigenvalue weighted by Crippen LogP contribution is -2.31. The third-order valence-corrected chi connectivity index (χ3v) is 5.30. The molecule has 1 heterocycles. The number of amides is 2. The Hall–Kier alpha value is -2.93. The summed E-state index contributed by atoms with van der Waals surface area (Å²) >= 11 is 1.63. The molecule has 6 nitrogen and oxygen atoms in total. The van der Waals surface area contributed by atoms with Gasteiger partial charge in [0.05, 0.1) is 19.3 Å². The average molecular weight is 411 g/mol. The van der Waals surface area contributed by atoms with Gasteiger partial charge in [-0.25, -0.2) is 9.48 Å². The summed E-state index contributed by atoms with van der Waals surface area (Å²) in [5.41, 5.74) is 2.99. The lowest BCUT2D eigenvalue weighted by atomic mass is 10.2. The zero-order chi connectivity index (χ0) is 20.8. The molecule has 152 valence electrons. The summed E-state index contributed by atoms with van der Waals surface area (Å²) in [5.74, 6) is 1.50. The van der Waals surface area contributed by atoms with Crippen molar-refractivity contribution in [1.82, 2.24) is 14.7 Å². The van der Waals surface area contributed by atoms with E-state index in [4.69, 9.17) is 4.74 Å². The molecule has 0 aliphatic carbocycles. The molecule has 1 N–H and O–H groups in total. The summed E-state index contributed by atoms with van der Waals surface area (Å²) < 4.78 is 7.25. The van der Waals surface area contributed by atoms with Gasteiger partial charge in [0, 0.05) is 24.6 Å². The Balaban J connectivity index is 1.68. The standard InChI is InChI=1S/C22H26N4O2S/c1-16-12-21(26(24-16)15-17-8-6-5-7-9-17)23-22(27)25(2)14-18-10-11-20(29-4)19(13-18)28-3/h5-13H,14-15H2,1-4H3,(H,23,27). The summed E-state index contributed by atoms with van der Waals surface area (Å²) in [6.45, 7) is 2.99. The Kier molecular flexibility index (Phi) is 6.82. The van der Waals surface area contributed by atoms with Crippen molar-refractivity contribution in [3.63, 3.8) is 0 Å². The van der Waals surface area contributed by atoms with Crippen LogP contribution in [0.5, 0.6) is 5.75 Å². The van der Waals surface area contributed by atoms with Crippen LogP contribution in [0.2, 0.25) is 0 Å². The molecule has 2 amide bonds. The molecule has 2 aromatic carbocycles. The number of benzene rings is 2. The second kappa shape index (κ2) is 9.52. The summed E-state index contributed by atoms with van der Waals surface area (Å²) in [5, 5.41) is 7.48. The number of aromatic nitrogens is 2. The second-order valence-corrected chi connectivity index (χ2v) is 7.64. The Morgan fingerprint density at radius 1 is 1.17 bits per heavy atom. The topological polar surface area (TPSA) is 59.4 Å². The predicted octanol–water partition coefficient (Wildman–Crippen LogP) is 4.63. The number of carbonyl (C=O) groups excluding carboxylic acids is 1. The fourth-order valence-corrected chi connectivity index (χ4v) is 3.60. The maximum atomic E-state index is 12.7. The number of urea groups is 1. The highest BCUT2D eigenvalue weighted by Gasteiger charge is 2.14. The van der Waals surface area contributed by atoms with Crippen LogP contribution in [-0.4, -0.2) is 41.1 Å². The highest BCUT2D eigenvalue weighted by molar-refractivity contribution is 7.98. The van der Waals surface area contributed by atoms with Gasteiger partial charge in [-0.1, -0.05) is 36.4 Å². The molecule has 0 saturated heterocycles. The number of methoxy groups -OCH3 is 1. The van der Waals surface area contributed by atoms with Crippen LogP contribution in [-0.2, 0) is 13.1 Å². The Bertz CT molecular complexity index is 972. The van der Waals surface area contributed by atoms with E-state index in [1.807, 2.05) is 72.5 Å². The number of rotatable bonds is 7. The van der Waals surface area contributed by atoms with E-state index in [-0.39, 0.29) is 6.03 Å². The first-order valence-electron chi connectivity index (χ1n) is 9.31. The van der Waals surface area contributed by atoms with Crippen molar-refractivity contribution in [1.29, 1.82) is 0 Å². The Morgan fingerprint density at radius 2 is 1.93 bits per heavy atom. The van der Waals surface area contributed by atoms with E-state index in [2.05, 4.69) is 10.4 Å². The van der Waals surface area contributed by atoms with E-state index in [9.17, 15) is 4.79 Å². The number of nitrogens with zero attached hydrogens (tertiary/aromatic N) is 3. The minimum atomic E-state index is -0.188. The van der Waals surface area contributed by atoms with E-state index in [1.54, 1.807) is 30.8 Å². The van der Waals surface area contributed by atoms with Crippen molar-refractivity contribution >= 4 is 23.6 Å². The first kappa shape index (κ1) is 20.8. The molecular weight excluding hydrogens is 384 g/mol. The van der Waals surface area contributed by atoms with Gasteiger partial charge in [-0.3, -0.25) is 5.32 Å². The molecule has 0 aliphatic heterocycles. The monoisotopic (exact) mass is 410 g/mol. The van der Waals surface area contributed by atoms with Crippen LogP contribution in [0.25, 0.3) is 0 Å². The molecule has 0 unspecified atom stereocenters. The molecule has 0 bridgehead atoms. The highest BCUT2D eigenvalue weighted by Crippen LogP contribution is 2.28. The van der Waals surface area contributed by atoms with Crippen LogP contribution in [0.15, 0.2) is 59.5 Å². The normalized spacial score (nSPS) is 10.6. The summed E-state index contributed by atoms with van der Waals surface area (Å²) in [7, 11) is 3.43. The van der Waals surface area contributed by atoms with Gasteiger partial charge in [0.2, 0.25) is 0 Å². The number of ether oxygens (including phenoxy) is 1. The van der Waals surface area contributed by atoms with Gasteiger partial charge >= 0.3 is 6.03 Å². The van der Waals surface area contributed by atoms with Gasteiger partial charge in [-0.15, -0.1) is 11.8 Å². The molecule has 0 saturated carbocycles. The van der Waals surface area contributed by atoms with E-state index in [1.165, 1.54) is 0 Å². The number of thioether (sulfide) groups is 1. The van der Waals surface area contributed by atoms with E-state index >= 15 is 0 Å². The van der Waals surface area contributed by atoms with Crippen LogP contribution in [0.3, 0.4) is 0 Å². The number of carbonyl (C=O) groups is 1. The van der Waals surface area contributed by atoms with E-state index in [0.29, 0.717) is 18.9 Å². The van der Waals surface area contributed by atoms with Crippen molar-refractivity contribution in [3.05, 3.63) is 71.4 Å². The molecule has 1 aromatic heterocycles. The number of hydrogen-bond donors (Lipinski definition) is 1. The molecule has 29 heavy (non-hydrogen) atoms. The number of hydrogen-bond acceptors (Lipinski definition) is 4. The SMILES string of the molecule is COc1cc(CN(C)C(=O)Nc2cc(C)nn2Cc2ccccc2)ccc1SC. The molecule has 3 aromatic rings. The fraction of sp³-hybridized carbons (Fsp3) is 0.273. The summed E-state index contributed by atoms with van der Waals surface area (Å²) in [4.78, 5) is 15.5. The molecule has 3 rings (SSSR count). The van der Waals surface area contributed by atoms with Crippen molar-refractivity contribution < 1.29 is 9.53 Å². The lowest BCUT2D eigenvalue weighted by Gasteiger charge is -2.19. The third-order valence-electron chi connectivity index (χ3n) is 4.53. The zero-order valence-corrected chi connectivity index (χ0v) is 18.0. The van der Waals surface area contributed by atoms with Gasteiger partial charge in [0.25, 0.3) is 0 Å². The zero-order valence-electron chi connectivity index (χ0n) is 17.2. The number of anilines is 1. The van der Waals surface area contributed by atoms with Crippen molar-refractivity contribution in [2.24, 2.45) is 0 Å². The second-order valence-electron chi connectivity index (χ2n) is 6.79. The average Bonchev–Trinajstić information content (AvgIpc) is 3.07. The Labute approximate surface area is 175 Å². The van der Waals surface area contributed by atoms with Crippen LogP contribution in [0.4, 0.5) is 10.6 Å². The summed E-state index contributed by atoms with van der Waals surface area (Å²) in [6.07, 6.45) is 2.01. The fourth-order valence-electron chi connectivity index (χ4n) is 3.05.